The number of rotatable bonds is 9. The van der Waals surface area contributed by atoms with E-state index in [4.69, 9.17) is 37.9 Å². The molecule has 0 radical (unpaired) electrons. The first kappa shape index (κ1) is 48.3. The van der Waals surface area contributed by atoms with E-state index in [0.717, 1.165) is 45.1 Å². The fraction of sp³-hybridized carbons (Fsp3) is 1.00. The Morgan fingerprint density at radius 2 is 1.14 bits per heavy atom. The minimum atomic E-state index is -1.93. The van der Waals surface area contributed by atoms with Crippen molar-refractivity contribution in [3.63, 3.8) is 0 Å². The van der Waals surface area contributed by atoms with Gasteiger partial charge in [-0.3, -0.25) is 0 Å². The minimum absolute atomic E-state index is 0.0908. The highest BCUT2D eigenvalue weighted by atomic mass is 16.8. The summed E-state index contributed by atoms with van der Waals surface area (Å²) in [6, 6.07) is 0. The van der Waals surface area contributed by atoms with E-state index in [1.165, 1.54) is 0 Å². The molecule has 5 heterocycles. The molecule has 5 saturated heterocycles. The van der Waals surface area contributed by atoms with Crippen molar-refractivity contribution in [2.45, 2.75) is 202 Å². The molecule has 9 rings (SSSR count). The van der Waals surface area contributed by atoms with E-state index in [-0.39, 0.29) is 22.9 Å². The number of fused-ring (bicyclic) bond motifs is 7. The lowest BCUT2D eigenvalue weighted by atomic mass is 9.43. The van der Waals surface area contributed by atoms with Crippen molar-refractivity contribution < 1.29 is 94.1 Å². The molecule has 1 spiro atoms. The van der Waals surface area contributed by atoms with E-state index >= 15 is 0 Å². The fourth-order valence-electron chi connectivity index (χ4n) is 14.7. The highest BCUT2D eigenvalue weighted by Crippen LogP contribution is 2.71. The maximum Gasteiger partial charge on any atom is 0.187 e. The Kier molecular flexibility index (Phi) is 13.7. The molecule has 0 aromatic rings. The Morgan fingerprint density at radius 3 is 1.80 bits per heavy atom. The van der Waals surface area contributed by atoms with Crippen LogP contribution in [0.3, 0.4) is 0 Å². The lowest BCUT2D eigenvalue weighted by Crippen LogP contribution is -2.67. The molecule has 28 atom stereocenters. The second kappa shape index (κ2) is 18.2. The van der Waals surface area contributed by atoms with Crippen LogP contribution in [0.15, 0.2) is 0 Å². The molecular formula is C45H74O19. The van der Waals surface area contributed by atoms with Gasteiger partial charge in [-0.2, -0.15) is 0 Å². The van der Waals surface area contributed by atoms with Crippen LogP contribution in [-0.2, 0) is 37.9 Å². The molecular weight excluding hydrogens is 844 g/mol. The number of aliphatic hydroxyl groups excluding tert-OH is 11. The van der Waals surface area contributed by atoms with Gasteiger partial charge in [0.15, 0.2) is 24.7 Å². The van der Waals surface area contributed by atoms with Gasteiger partial charge in [-0.1, -0.05) is 27.7 Å². The zero-order valence-electron chi connectivity index (χ0n) is 37.3. The second-order valence-electron chi connectivity index (χ2n) is 21.7. The Labute approximate surface area is 373 Å². The summed E-state index contributed by atoms with van der Waals surface area (Å²) in [6.07, 6.45) is -17.9. The summed E-state index contributed by atoms with van der Waals surface area (Å²) in [7, 11) is 0. The first-order valence-corrected chi connectivity index (χ1v) is 23.9. The van der Waals surface area contributed by atoms with Crippen LogP contribution in [0.1, 0.15) is 85.5 Å². The number of hydrogen-bond acceptors (Lipinski definition) is 19. The third-order valence-electron chi connectivity index (χ3n) is 18.3. The fourth-order valence-corrected chi connectivity index (χ4v) is 14.7. The molecule has 9 aliphatic rings. The van der Waals surface area contributed by atoms with Crippen LogP contribution in [0.5, 0.6) is 0 Å². The van der Waals surface area contributed by atoms with Crippen LogP contribution in [-0.4, -0.2) is 199 Å². The predicted octanol–water partition coefficient (Wildman–Crippen LogP) is -1.76. The summed E-state index contributed by atoms with van der Waals surface area (Å²) in [6.45, 7) is 7.87. The highest BCUT2D eigenvalue weighted by Gasteiger charge is 2.70. The van der Waals surface area contributed by atoms with Crippen molar-refractivity contribution in [3.05, 3.63) is 0 Å². The van der Waals surface area contributed by atoms with E-state index in [1.807, 2.05) is 0 Å². The van der Waals surface area contributed by atoms with E-state index in [1.54, 1.807) is 0 Å². The van der Waals surface area contributed by atoms with Gasteiger partial charge in [0.05, 0.1) is 44.7 Å². The molecule has 19 nitrogen and oxygen atoms in total. The maximum atomic E-state index is 12.1. The highest BCUT2D eigenvalue weighted by molar-refractivity contribution is 5.16. The van der Waals surface area contributed by atoms with Crippen LogP contribution < -0.4 is 0 Å². The molecule has 4 aliphatic carbocycles. The molecule has 11 N–H and O–H groups in total. The van der Waals surface area contributed by atoms with Gasteiger partial charge in [-0.25, -0.2) is 0 Å². The monoisotopic (exact) mass is 918 g/mol. The predicted molar refractivity (Wildman–Crippen MR) is 217 cm³/mol. The SMILES string of the molecule is C[C@@H]1CC[C@@]2(OC1)O[C@H]1C[C@H]3[C@@H]4C[C@H](O)[C@H]5C[C@@H](O[C@@H]6O[C@H](CO)[C@@H](O)[C@H](O)[C@H]6O[C@@H]6O[C@H](CO)[C@@H](O[C@@H]7O[C@H](CO)[C@H](O)[C@H](O)[C@H]7O)[C@H](O)[C@H]6O)CC[C@]5(C)[C@H]4CC[C@]3(C)[C@H]1[C@@H]2C. The molecule has 4 saturated carbocycles. The molecule has 0 bridgehead atoms. The first-order chi connectivity index (χ1) is 30.4. The van der Waals surface area contributed by atoms with Crippen LogP contribution >= 0.6 is 0 Å². The molecule has 19 heteroatoms. The van der Waals surface area contributed by atoms with Gasteiger partial charge in [0, 0.05) is 12.3 Å². The molecule has 9 fully saturated rings. The lowest BCUT2D eigenvalue weighted by molar-refractivity contribution is -0.388. The zero-order chi connectivity index (χ0) is 45.8. The number of hydrogen-bond donors (Lipinski definition) is 11. The van der Waals surface area contributed by atoms with Crippen LogP contribution in [0.2, 0.25) is 0 Å². The molecule has 0 unspecified atom stereocenters. The van der Waals surface area contributed by atoms with Crippen molar-refractivity contribution in [1.29, 1.82) is 0 Å². The zero-order valence-corrected chi connectivity index (χ0v) is 37.3. The second-order valence-corrected chi connectivity index (χ2v) is 21.7. The Balaban J connectivity index is 0.867. The average molecular weight is 919 g/mol. The van der Waals surface area contributed by atoms with Crippen LogP contribution in [0.25, 0.3) is 0 Å². The summed E-state index contributed by atoms with van der Waals surface area (Å²) in [5.74, 6) is 1.82. The molecule has 0 aromatic heterocycles. The first-order valence-electron chi connectivity index (χ1n) is 23.9. The van der Waals surface area contributed by atoms with Crippen molar-refractivity contribution >= 4 is 0 Å². The van der Waals surface area contributed by atoms with Gasteiger partial charge >= 0.3 is 0 Å². The van der Waals surface area contributed by atoms with Crippen molar-refractivity contribution in [2.24, 2.45) is 52.3 Å². The molecule has 0 amide bonds. The summed E-state index contributed by atoms with van der Waals surface area (Å²) in [5.41, 5.74) is -0.0819. The molecule has 5 aliphatic heterocycles. The van der Waals surface area contributed by atoms with Gasteiger partial charge in [0.25, 0.3) is 0 Å². The lowest BCUT2D eigenvalue weighted by Gasteiger charge is -2.62. The van der Waals surface area contributed by atoms with E-state index < -0.39 is 130 Å². The number of ether oxygens (including phenoxy) is 8. The standard InChI is InChI=1S/C45H74O19/c1-18-5-10-45(57-17-18)19(2)30-26(64-45)13-23-21-12-25(49)24-11-20(6-8-43(24,3)22(21)7-9-44(23,30)4)58-42-39(34(53)32(51)28(15-47)60-42)63-41-37(56)35(54)38(29(16-48)61-41)62-40-36(55)33(52)31(50)27(14-46)59-40/h18-42,46-56H,5-17H2,1-4H3/t18-,19+,20+,21-,22+,23+,24-,25+,26+,27-,28-,29-,30+,31+,32-,33+,34+,35-,36-,37-,38-,39-,40+,41+,42-,43-,44+,45-/m1/s1. The van der Waals surface area contributed by atoms with Crippen molar-refractivity contribution in [2.75, 3.05) is 26.4 Å². The summed E-state index contributed by atoms with van der Waals surface area (Å²) in [4.78, 5) is 0. The smallest absolute Gasteiger partial charge is 0.187 e. The minimum Gasteiger partial charge on any atom is -0.394 e. The summed E-state index contributed by atoms with van der Waals surface area (Å²) >= 11 is 0. The molecule has 0 aromatic carbocycles. The van der Waals surface area contributed by atoms with Gasteiger partial charge in [0.2, 0.25) is 0 Å². The van der Waals surface area contributed by atoms with E-state index in [2.05, 4.69) is 27.7 Å². The van der Waals surface area contributed by atoms with E-state index in [0.29, 0.717) is 54.8 Å². The van der Waals surface area contributed by atoms with Crippen molar-refractivity contribution in [1.82, 2.24) is 0 Å². The van der Waals surface area contributed by atoms with Crippen LogP contribution in [0, 0.1) is 52.3 Å². The van der Waals surface area contributed by atoms with Crippen LogP contribution in [0.4, 0.5) is 0 Å². The van der Waals surface area contributed by atoms with Gasteiger partial charge in [-0.15, -0.1) is 0 Å². The third kappa shape index (κ3) is 7.85. The third-order valence-corrected chi connectivity index (χ3v) is 18.3. The quantitative estimate of drug-likeness (QED) is 0.114. The Hall–Kier alpha value is -0.760. The largest absolute Gasteiger partial charge is 0.394 e. The summed E-state index contributed by atoms with van der Waals surface area (Å²) < 4.78 is 49.0. The number of aliphatic hydroxyl groups is 11. The average Bonchev–Trinajstić information content (AvgIpc) is 3.73. The maximum absolute atomic E-state index is 12.1. The van der Waals surface area contributed by atoms with Crippen molar-refractivity contribution in [3.8, 4) is 0 Å². The summed E-state index contributed by atoms with van der Waals surface area (Å²) in [5, 5.41) is 118. The topological polar surface area (TPSA) is 296 Å². The Morgan fingerprint density at radius 1 is 0.547 bits per heavy atom. The van der Waals surface area contributed by atoms with Gasteiger partial charge in [0.1, 0.15) is 73.2 Å². The normalized spacial score (nSPS) is 58.6. The molecule has 64 heavy (non-hydrogen) atoms. The van der Waals surface area contributed by atoms with Gasteiger partial charge in [-0.05, 0) is 97.7 Å². The van der Waals surface area contributed by atoms with E-state index in [9.17, 15) is 56.2 Å². The van der Waals surface area contributed by atoms with Gasteiger partial charge < -0.3 is 94.1 Å². The Bertz CT molecular complexity index is 1600. The molecule has 368 valence electrons.